The molecule has 9 heteroatoms. The van der Waals surface area contributed by atoms with Crippen LogP contribution in [0, 0.1) is 0 Å². The van der Waals surface area contributed by atoms with Crippen LogP contribution in [0.15, 0.2) is 60.5 Å². The minimum absolute atomic E-state index is 0.0848. The lowest BCUT2D eigenvalue weighted by Crippen LogP contribution is -2.49. The highest BCUT2D eigenvalue weighted by atomic mass is 32.2. The van der Waals surface area contributed by atoms with Crippen molar-refractivity contribution in [2.75, 3.05) is 26.3 Å². The summed E-state index contributed by atoms with van der Waals surface area (Å²) < 4.78 is 6.65. The molecule has 0 radical (unpaired) electrons. The molecular formula is C23H22N4O4S. The summed E-state index contributed by atoms with van der Waals surface area (Å²) >= 11 is 1.57. The van der Waals surface area contributed by atoms with Crippen LogP contribution in [0.3, 0.4) is 0 Å². The molecule has 2 aliphatic heterocycles. The van der Waals surface area contributed by atoms with Crippen molar-refractivity contribution in [2.24, 2.45) is 0 Å². The Labute approximate surface area is 189 Å². The van der Waals surface area contributed by atoms with Gasteiger partial charge in [0.1, 0.15) is 13.2 Å². The number of carbonyl (C=O) groups excluding carboxylic acids is 3. The second-order valence-corrected chi connectivity index (χ2v) is 8.10. The van der Waals surface area contributed by atoms with Gasteiger partial charge < -0.3 is 10.1 Å². The maximum Gasteiger partial charge on any atom is 0.272 e. The summed E-state index contributed by atoms with van der Waals surface area (Å²) in [5, 5.41) is 7.42. The van der Waals surface area contributed by atoms with Crippen molar-refractivity contribution >= 4 is 35.1 Å². The molecule has 0 unspecified atom stereocenters. The summed E-state index contributed by atoms with van der Waals surface area (Å²) in [5.74, 6) is -0.620. The second-order valence-electron chi connectivity index (χ2n) is 7.09. The van der Waals surface area contributed by atoms with E-state index in [4.69, 9.17) is 4.74 Å². The van der Waals surface area contributed by atoms with Crippen molar-refractivity contribution in [3.05, 3.63) is 77.5 Å². The molecule has 164 valence electrons. The number of benzene rings is 1. The number of imide groups is 1. The lowest BCUT2D eigenvalue weighted by Gasteiger charge is -2.24. The van der Waals surface area contributed by atoms with Crippen molar-refractivity contribution in [3.8, 4) is 5.69 Å². The van der Waals surface area contributed by atoms with E-state index in [9.17, 15) is 14.4 Å². The van der Waals surface area contributed by atoms with E-state index in [1.54, 1.807) is 28.6 Å². The molecule has 0 atom stereocenters. The highest BCUT2D eigenvalue weighted by molar-refractivity contribution is 8.02. The zero-order chi connectivity index (χ0) is 22.7. The number of rotatable bonds is 7. The van der Waals surface area contributed by atoms with Crippen LogP contribution in [0.1, 0.15) is 21.7 Å². The summed E-state index contributed by atoms with van der Waals surface area (Å²) in [5.41, 5.74) is 3.60. The first-order valence-corrected chi connectivity index (χ1v) is 11.0. The van der Waals surface area contributed by atoms with E-state index in [-0.39, 0.29) is 32.2 Å². The fourth-order valence-electron chi connectivity index (χ4n) is 3.65. The van der Waals surface area contributed by atoms with E-state index in [0.717, 1.165) is 32.3 Å². The number of nitrogens with one attached hydrogen (secondary N) is 1. The van der Waals surface area contributed by atoms with Crippen molar-refractivity contribution in [1.29, 1.82) is 0 Å². The monoisotopic (exact) mass is 450 g/mol. The van der Waals surface area contributed by atoms with Crippen molar-refractivity contribution < 1.29 is 19.1 Å². The van der Waals surface area contributed by atoms with Gasteiger partial charge in [-0.2, -0.15) is 5.10 Å². The van der Waals surface area contributed by atoms with Crippen LogP contribution in [0.2, 0.25) is 0 Å². The number of hydrogen-bond acceptors (Lipinski definition) is 6. The first-order valence-electron chi connectivity index (χ1n) is 10.0. The Hall–Kier alpha value is -3.43. The lowest BCUT2D eigenvalue weighted by atomic mass is 10.0. The molecule has 0 bridgehead atoms. The summed E-state index contributed by atoms with van der Waals surface area (Å²) in [6, 6.07) is 9.56. The van der Waals surface area contributed by atoms with E-state index in [1.807, 2.05) is 30.3 Å². The number of carbonyl (C=O) groups is 3. The molecule has 4 rings (SSSR count). The number of allylic oxidation sites excluding steroid dienone is 3. The van der Waals surface area contributed by atoms with Gasteiger partial charge in [0.05, 0.1) is 11.4 Å². The maximum absolute atomic E-state index is 13.0. The Morgan fingerprint density at radius 3 is 2.53 bits per heavy atom. The molecule has 0 spiro atoms. The summed E-state index contributed by atoms with van der Waals surface area (Å²) in [4.78, 5) is 38.8. The average Bonchev–Trinajstić information content (AvgIpc) is 3.20. The Morgan fingerprint density at radius 2 is 1.88 bits per heavy atom. The Bertz CT molecular complexity index is 1120. The summed E-state index contributed by atoms with van der Waals surface area (Å²) in [7, 11) is 0. The first kappa shape index (κ1) is 21.8. The molecule has 1 aromatic carbocycles. The highest BCUT2D eigenvalue weighted by Crippen LogP contribution is 2.41. The number of fused-ring (bicyclic) bond motifs is 1. The van der Waals surface area contributed by atoms with Crippen LogP contribution in [-0.4, -0.2) is 58.7 Å². The number of morpholine rings is 1. The van der Waals surface area contributed by atoms with Gasteiger partial charge in [0.25, 0.3) is 17.7 Å². The lowest BCUT2D eigenvalue weighted by molar-refractivity contribution is -0.158. The van der Waals surface area contributed by atoms with E-state index >= 15 is 0 Å². The van der Waals surface area contributed by atoms with Gasteiger partial charge in [-0.05, 0) is 12.1 Å². The van der Waals surface area contributed by atoms with Gasteiger partial charge >= 0.3 is 0 Å². The molecule has 32 heavy (non-hydrogen) atoms. The minimum atomic E-state index is -0.407. The van der Waals surface area contributed by atoms with Crippen molar-refractivity contribution in [1.82, 2.24) is 20.0 Å². The molecule has 0 aliphatic carbocycles. The van der Waals surface area contributed by atoms with Gasteiger partial charge in [0.2, 0.25) is 0 Å². The summed E-state index contributed by atoms with van der Waals surface area (Å²) in [6.45, 7) is 7.79. The van der Waals surface area contributed by atoms with Gasteiger partial charge in [0.15, 0.2) is 5.69 Å². The van der Waals surface area contributed by atoms with Crippen LogP contribution < -0.4 is 5.32 Å². The van der Waals surface area contributed by atoms with E-state index in [2.05, 4.69) is 23.6 Å². The molecular weight excluding hydrogens is 428 g/mol. The third-order valence-electron chi connectivity index (χ3n) is 5.16. The van der Waals surface area contributed by atoms with Gasteiger partial charge in [-0.25, -0.2) is 4.68 Å². The van der Waals surface area contributed by atoms with Crippen molar-refractivity contribution in [3.63, 3.8) is 0 Å². The number of hydrogen-bond donors (Lipinski definition) is 1. The fraction of sp³-hybridized carbons (Fsp3) is 0.217. The van der Waals surface area contributed by atoms with Crippen molar-refractivity contribution in [2.45, 2.75) is 5.75 Å². The maximum atomic E-state index is 13.0. The molecule has 2 aromatic rings. The molecule has 1 aromatic heterocycles. The zero-order valence-electron chi connectivity index (χ0n) is 17.4. The van der Waals surface area contributed by atoms with Gasteiger partial charge in [0, 0.05) is 34.9 Å². The second kappa shape index (κ2) is 9.37. The quantitative estimate of drug-likeness (QED) is 0.651. The van der Waals surface area contributed by atoms with Crippen LogP contribution >= 0.6 is 11.8 Å². The predicted octanol–water partition coefficient (Wildman–Crippen LogP) is 2.32. The number of ether oxygens (including phenoxy) is 1. The van der Waals surface area contributed by atoms with Gasteiger partial charge in [-0.15, -0.1) is 11.8 Å². The van der Waals surface area contributed by atoms with Gasteiger partial charge in [-0.3, -0.25) is 19.3 Å². The largest absolute Gasteiger partial charge is 0.362 e. The first-order chi connectivity index (χ1) is 15.5. The minimum Gasteiger partial charge on any atom is -0.362 e. The smallest absolute Gasteiger partial charge is 0.272 e. The molecule has 1 N–H and O–H groups in total. The number of para-hydroxylation sites is 1. The third kappa shape index (κ3) is 4.04. The van der Waals surface area contributed by atoms with Crippen LogP contribution in [0.5, 0.6) is 0 Å². The third-order valence-corrected chi connectivity index (χ3v) is 6.29. The molecule has 0 saturated carbocycles. The predicted molar refractivity (Wildman–Crippen MR) is 122 cm³/mol. The van der Waals surface area contributed by atoms with E-state index in [0.29, 0.717) is 11.4 Å². The summed E-state index contributed by atoms with van der Waals surface area (Å²) in [6.07, 6.45) is 3.53. The molecule has 3 heterocycles. The van der Waals surface area contributed by atoms with Crippen LogP contribution in [0.4, 0.5) is 0 Å². The number of amides is 3. The SMILES string of the molecule is C=CC1=C(C=C)c2c(c(C(=O)NCCN3C(=O)COCC3=O)nn2-c2ccccc2)CS1. The topological polar surface area (TPSA) is 93.5 Å². The van der Waals surface area contributed by atoms with Crippen LogP contribution in [0.25, 0.3) is 11.3 Å². The fourth-order valence-corrected chi connectivity index (χ4v) is 4.67. The highest BCUT2D eigenvalue weighted by Gasteiger charge is 2.30. The van der Waals surface area contributed by atoms with Gasteiger partial charge in [-0.1, -0.05) is 43.5 Å². The standard InChI is InChI=1S/C23H22N4O4S/c1-3-16-18(4-2)32-14-17-21(25-27(22(16)17)15-8-6-5-7-9-15)23(30)24-10-11-26-19(28)12-31-13-20(26)29/h3-9H,1-2,10-14H2,(H,24,30). The Kier molecular flexibility index (Phi) is 6.38. The van der Waals surface area contributed by atoms with E-state index in [1.165, 1.54) is 0 Å². The number of aromatic nitrogens is 2. The molecule has 8 nitrogen and oxygen atoms in total. The Morgan fingerprint density at radius 1 is 1.16 bits per heavy atom. The van der Waals surface area contributed by atoms with E-state index < -0.39 is 11.8 Å². The zero-order valence-corrected chi connectivity index (χ0v) is 18.2. The molecule has 3 amide bonds. The molecule has 1 fully saturated rings. The van der Waals surface area contributed by atoms with Crippen LogP contribution in [-0.2, 0) is 20.1 Å². The Balaban J connectivity index is 1.63. The number of thioether (sulfide) groups is 1. The molecule has 1 saturated heterocycles. The average molecular weight is 451 g/mol. The number of nitrogens with zero attached hydrogens (tertiary/aromatic N) is 3. The molecule has 2 aliphatic rings. The normalized spacial score (nSPS) is 16.1.